The molecule has 5 rings (SSSR count). The Bertz CT molecular complexity index is 1180. The van der Waals surface area contributed by atoms with E-state index in [0.717, 1.165) is 67.1 Å². The second kappa shape index (κ2) is 9.29. The van der Waals surface area contributed by atoms with Crippen LogP contribution in [0, 0.1) is 6.92 Å². The molecule has 2 saturated heterocycles. The van der Waals surface area contributed by atoms with Gasteiger partial charge < -0.3 is 19.8 Å². The molecule has 1 N–H and O–H groups in total. The average Bonchev–Trinajstić information content (AvgIpc) is 3.30. The van der Waals surface area contributed by atoms with Gasteiger partial charge in [-0.3, -0.25) is 0 Å². The Hall–Kier alpha value is -3.68. The molecule has 1 unspecified atom stereocenters. The minimum Gasteiger partial charge on any atom is -0.478 e. The van der Waals surface area contributed by atoms with Crippen LogP contribution < -0.4 is 14.7 Å². The number of aromatic nitrogens is 3. The quantitative estimate of drug-likeness (QED) is 0.617. The molecule has 0 saturated carbocycles. The Labute approximate surface area is 199 Å². The fraction of sp³-hybridized carbons (Fsp3) is 0.385. The number of hydrogen-bond donors (Lipinski definition) is 1. The van der Waals surface area contributed by atoms with E-state index in [4.69, 9.17) is 9.97 Å². The van der Waals surface area contributed by atoms with E-state index >= 15 is 0 Å². The van der Waals surface area contributed by atoms with E-state index in [2.05, 4.69) is 44.8 Å². The molecule has 2 fully saturated rings. The van der Waals surface area contributed by atoms with E-state index in [9.17, 15) is 9.90 Å². The van der Waals surface area contributed by atoms with Gasteiger partial charge in [0.1, 0.15) is 11.6 Å². The number of rotatable bonds is 5. The number of piperazine rings is 1. The van der Waals surface area contributed by atoms with Crippen molar-refractivity contribution in [2.24, 2.45) is 0 Å². The van der Waals surface area contributed by atoms with Crippen molar-refractivity contribution in [1.82, 2.24) is 15.0 Å². The number of carboxylic acids is 1. The minimum absolute atomic E-state index is 0.220. The predicted octanol–water partition coefficient (Wildman–Crippen LogP) is 3.86. The molecule has 1 aromatic carbocycles. The largest absolute Gasteiger partial charge is 0.478 e. The molecule has 4 heterocycles. The SMILES string of the molecule is Cc1cc(C(=O)O)cnc1N1CCN(c2cc(-c3ccccc3)nc(N3CCCC3C)n2)CC1. The third kappa shape index (κ3) is 4.40. The maximum atomic E-state index is 11.2. The second-order valence-corrected chi connectivity index (χ2v) is 9.11. The van der Waals surface area contributed by atoms with Crippen molar-refractivity contribution < 1.29 is 9.90 Å². The van der Waals surface area contributed by atoms with Crippen molar-refractivity contribution in [3.05, 3.63) is 59.8 Å². The summed E-state index contributed by atoms with van der Waals surface area (Å²) in [5, 5.41) is 9.22. The number of pyridine rings is 1. The fourth-order valence-electron chi connectivity index (χ4n) is 4.86. The maximum absolute atomic E-state index is 11.2. The van der Waals surface area contributed by atoms with E-state index in [-0.39, 0.29) is 5.56 Å². The van der Waals surface area contributed by atoms with Crippen molar-refractivity contribution in [2.45, 2.75) is 32.7 Å². The predicted molar refractivity (Wildman–Crippen MR) is 134 cm³/mol. The van der Waals surface area contributed by atoms with Gasteiger partial charge in [0.25, 0.3) is 0 Å². The first-order valence-electron chi connectivity index (χ1n) is 11.9. The number of aromatic carboxylic acids is 1. The monoisotopic (exact) mass is 458 g/mol. The second-order valence-electron chi connectivity index (χ2n) is 9.11. The molecule has 0 radical (unpaired) electrons. The highest BCUT2D eigenvalue weighted by atomic mass is 16.4. The molecule has 2 aromatic heterocycles. The van der Waals surface area contributed by atoms with E-state index in [1.54, 1.807) is 6.07 Å². The summed E-state index contributed by atoms with van der Waals surface area (Å²) >= 11 is 0. The number of benzene rings is 1. The zero-order valence-corrected chi connectivity index (χ0v) is 19.7. The third-order valence-corrected chi connectivity index (χ3v) is 6.78. The Morgan fingerprint density at radius 3 is 2.38 bits per heavy atom. The molecule has 0 aliphatic carbocycles. The first kappa shape index (κ1) is 22.1. The molecule has 0 spiro atoms. The summed E-state index contributed by atoms with van der Waals surface area (Å²) in [6.45, 7) is 8.35. The lowest BCUT2D eigenvalue weighted by atomic mass is 10.1. The van der Waals surface area contributed by atoms with Gasteiger partial charge in [0.2, 0.25) is 5.95 Å². The maximum Gasteiger partial charge on any atom is 0.337 e. The van der Waals surface area contributed by atoms with Crippen LogP contribution in [-0.4, -0.2) is 64.8 Å². The lowest BCUT2D eigenvalue weighted by molar-refractivity contribution is 0.0696. The average molecular weight is 459 g/mol. The third-order valence-electron chi connectivity index (χ3n) is 6.78. The van der Waals surface area contributed by atoms with E-state index in [1.807, 2.05) is 25.1 Å². The van der Waals surface area contributed by atoms with Crippen LogP contribution in [0.4, 0.5) is 17.6 Å². The molecular weight excluding hydrogens is 428 g/mol. The van der Waals surface area contributed by atoms with Crippen molar-refractivity contribution in [3.63, 3.8) is 0 Å². The van der Waals surface area contributed by atoms with Crippen molar-refractivity contribution in [2.75, 3.05) is 47.4 Å². The molecule has 0 amide bonds. The van der Waals surface area contributed by atoms with Gasteiger partial charge in [-0.15, -0.1) is 0 Å². The first-order valence-corrected chi connectivity index (χ1v) is 11.9. The molecular formula is C26H30N6O2. The normalized spacial score (nSPS) is 18.4. The smallest absolute Gasteiger partial charge is 0.337 e. The van der Waals surface area contributed by atoms with Crippen LogP contribution in [0.25, 0.3) is 11.3 Å². The molecule has 3 aromatic rings. The molecule has 1 atom stereocenters. The van der Waals surface area contributed by atoms with Crippen molar-refractivity contribution >= 4 is 23.6 Å². The zero-order chi connectivity index (χ0) is 23.7. The number of carboxylic acid groups (broad SMARTS) is 1. The number of aryl methyl sites for hydroxylation is 1. The number of anilines is 3. The van der Waals surface area contributed by atoms with Gasteiger partial charge in [-0.05, 0) is 38.3 Å². The van der Waals surface area contributed by atoms with Gasteiger partial charge in [-0.1, -0.05) is 30.3 Å². The topological polar surface area (TPSA) is 85.7 Å². The van der Waals surface area contributed by atoms with Gasteiger partial charge >= 0.3 is 5.97 Å². The molecule has 0 bridgehead atoms. The van der Waals surface area contributed by atoms with Crippen LogP contribution in [0.5, 0.6) is 0 Å². The summed E-state index contributed by atoms with van der Waals surface area (Å²) in [5.41, 5.74) is 3.14. The van der Waals surface area contributed by atoms with Crippen LogP contribution in [0.1, 0.15) is 35.7 Å². The summed E-state index contributed by atoms with van der Waals surface area (Å²) in [5.74, 6) is 1.66. The lowest BCUT2D eigenvalue weighted by Crippen LogP contribution is -2.47. The van der Waals surface area contributed by atoms with Gasteiger partial charge in [0.05, 0.1) is 11.3 Å². The molecule has 176 valence electrons. The molecule has 8 nitrogen and oxygen atoms in total. The van der Waals surface area contributed by atoms with Crippen LogP contribution in [-0.2, 0) is 0 Å². The highest BCUT2D eigenvalue weighted by Gasteiger charge is 2.26. The molecule has 2 aliphatic heterocycles. The highest BCUT2D eigenvalue weighted by molar-refractivity contribution is 5.87. The Morgan fingerprint density at radius 2 is 1.74 bits per heavy atom. The number of hydrogen-bond acceptors (Lipinski definition) is 7. The van der Waals surface area contributed by atoms with Crippen molar-refractivity contribution in [3.8, 4) is 11.3 Å². The van der Waals surface area contributed by atoms with Crippen LogP contribution in [0.15, 0.2) is 48.7 Å². The van der Waals surface area contributed by atoms with E-state index in [0.29, 0.717) is 6.04 Å². The zero-order valence-electron chi connectivity index (χ0n) is 19.7. The van der Waals surface area contributed by atoms with Gasteiger partial charge in [0, 0.05) is 56.6 Å². The number of nitrogens with zero attached hydrogens (tertiary/aromatic N) is 6. The summed E-state index contributed by atoms with van der Waals surface area (Å²) in [6.07, 6.45) is 3.78. The van der Waals surface area contributed by atoms with E-state index < -0.39 is 5.97 Å². The standard InChI is InChI=1S/C26H30N6O2/c1-18-15-21(25(33)34)17-27-24(18)31-13-11-30(12-14-31)23-16-22(20-8-4-3-5-9-20)28-26(29-23)32-10-6-7-19(32)2/h3-5,8-9,15-17,19H,6-7,10-14H2,1-2H3,(H,33,34). The van der Waals surface area contributed by atoms with Gasteiger partial charge in [-0.2, -0.15) is 4.98 Å². The van der Waals surface area contributed by atoms with Gasteiger partial charge in [-0.25, -0.2) is 14.8 Å². The molecule has 8 heteroatoms. The van der Waals surface area contributed by atoms with Crippen LogP contribution in [0.2, 0.25) is 0 Å². The molecule has 2 aliphatic rings. The summed E-state index contributed by atoms with van der Waals surface area (Å²) in [7, 11) is 0. The van der Waals surface area contributed by atoms with Gasteiger partial charge in [0.15, 0.2) is 0 Å². The Morgan fingerprint density at radius 1 is 1.00 bits per heavy atom. The Balaban J connectivity index is 1.39. The minimum atomic E-state index is -0.951. The fourth-order valence-corrected chi connectivity index (χ4v) is 4.86. The highest BCUT2D eigenvalue weighted by Crippen LogP contribution is 2.29. The van der Waals surface area contributed by atoms with Crippen molar-refractivity contribution in [1.29, 1.82) is 0 Å². The van der Waals surface area contributed by atoms with Crippen LogP contribution >= 0.6 is 0 Å². The summed E-state index contributed by atoms with van der Waals surface area (Å²) in [4.78, 5) is 32.5. The van der Waals surface area contributed by atoms with E-state index in [1.165, 1.54) is 19.0 Å². The number of carbonyl (C=O) groups is 1. The first-order chi connectivity index (χ1) is 16.5. The lowest BCUT2D eigenvalue weighted by Gasteiger charge is -2.37. The molecule has 34 heavy (non-hydrogen) atoms. The summed E-state index contributed by atoms with van der Waals surface area (Å²) in [6, 6.07) is 14.5. The summed E-state index contributed by atoms with van der Waals surface area (Å²) < 4.78 is 0. The van der Waals surface area contributed by atoms with Crippen LogP contribution in [0.3, 0.4) is 0 Å². The Kier molecular flexibility index (Phi) is 6.04.